The second kappa shape index (κ2) is 7.24. The molecule has 0 atom stereocenters. The Morgan fingerprint density at radius 1 is 1.56 bits per heavy atom. The average Bonchev–Trinajstić information content (AvgIpc) is 2.30. The molecule has 6 nitrogen and oxygen atoms in total. The molecule has 0 fully saturated rings. The van der Waals surface area contributed by atoms with E-state index in [9.17, 15) is 14.7 Å². The van der Waals surface area contributed by atoms with Gasteiger partial charge in [0.1, 0.15) is 0 Å². The number of rotatable bonds is 3. The van der Waals surface area contributed by atoms with E-state index in [-0.39, 0.29) is 17.9 Å². The highest BCUT2D eigenvalue weighted by Crippen LogP contribution is 2.27. The standard InChI is InChI=1S/C8H8O3.C2H5NO2/c1-11-7-4-2-3-6(5-9)8(7)10;3-1-2(4)5/h2-5,10H,1H3;1,3H2,(H,4,5). The van der Waals surface area contributed by atoms with Gasteiger partial charge in [0.2, 0.25) is 0 Å². The summed E-state index contributed by atoms with van der Waals surface area (Å²) in [5.41, 5.74) is 4.81. The zero-order chi connectivity index (χ0) is 12.6. The fraction of sp³-hybridized carbons (Fsp3) is 0.200. The van der Waals surface area contributed by atoms with Crippen molar-refractivity contribution >= 4 is 12.3 Å². The molecule has 0 aliphatic rings. The van der Waals surface area contributed by atoms with Gasteiger partial charge in [-0.05, 0) is 12.1 Å². The van der Waals surface area contributed by atoms with Gasteiger partial charge in [0.15, 0.2) is 17.8 Å². The largest absolute Gasteiger partial charge is 0.504 e. The molecule has 1 aromatic rings. The van der Waals surface area contributed by atoms with Crippen molar-refractivity contribution in [3.63, 3.8) is 0 Å². The molecule has 0 aliphatic heterocycles. The number of nitrogens with two attached hydrogens (primary N) is 1. The minimum absolute atomic E-state index is 0.106. The SMILES string of the molecule is COc1cccc(C=O)c1O.NCC(=O)O. The van der Waals surface area contributed by atoms with Gasteiger partial charge in [0, 0.05) is 0 Å². The van der Waals surface area contributed by atoms with E-state index in [2.05, 4.69) is 5.73 Å². The molecule has 0 saturated carbocycles. The van der Waals surface area contributed by atoms with Crippen molar-refractivity contribution in [3.05, 3.63) is 23.8 Å². The highest BCUT2D eigenvalue weighted by Gasteiger charge is 2.04. The summed E-state index contributed by atoms with van der Waals surface area (Å²) in [6.45, 7) is -0.278. The molecule has 1 aromatic carbocycles. The molecular formula is C10H13NO5. The van der Waals surface area contributed by atoms with Crippen LogP contribution in [-0.4, -0.2) is 36.1 Å². The number of carboxylic acids is 1. The van der Waals surface area contributed by atoms with Crippen molar-refractivity contribution in [1.82, 2.24) is 0 Å². The first-order valence-electron chi connectivity index (χ1n) is 4.29. The lowest BCUT2D eigenvalue weighted by Crippen LogP contribution is -2.10. The van der Waals surface area contributed by atoms with Gasteiger partial charge in [-0.2, -0.15) is 0 Å². The number of carboxylic acid groups (broad SMARTS) is 1. The van der Waals surface area contributed by atoms with Crippen LogP contribution >= 0.6 is 0 Å². The number of carbonyl (C=O) groups is 2. The summed E-state index contributed by atoms with van der Waals surface area (Å²) in [5.74, 6) is -0.760. The van der Waals surface area contributed by atoms with E-state index in [1.807, 2.05) is 0 Å². The second-order valence-electron chi connectivity index (χ2n) is 2.61. The molecule has 6 heteroatoms. The number of hydrogen-bond acceptors (Lipinski definition) is 5. The fourth-order valence-electron chi connectivity index (χ4n) is 0.799. The second-order valence-corrected chi connectivity index (χ2v) is 2.61. The predicted octanol–water partition coefficient (Wildman–Crippen LogP) is 0.243. The highest BCUT2D eigenvalue weighted by molar-refractivity contribution is 5.80. The van der Waals surface area contributed by atoms with Crippen LogP contribution in [0.15, 0.2) is 18.2 Å². The van der Waals surface area contributed by atoms with Gasteiger partial charge in [0.05, 0.1) is 19.2 Å². The molecule has 16 heavy (non-hydrogen) atoms. The Balaban J connectivity index is 0.000000385. The number of ether oxygens (including phenoxy) is 1. The number of aromatic hydroxyl groups is 1. The zero-order valence-corrected chi connectivity index (χ0v) is 8.71. The maximum atomic E-state index is 10.3. The Bertz CT molecular complexity index is 364. The molecule has 0 aromatic heterocycles. The summed E-state index contributed by atoms with van der Waals surface area (Å²) >= 11 is 0. The number of benzene rings is 1. The van der Waals surface area contributed by atoms with Crippen LogP contribution in [-0.2, 0) is 4.79 Å². The van der Waals surface area contributed by atoms with Crippen LogP contribution in [0.5, 0.6) is 11.5 Å². The lowest BCUT2D eigenvalue weighted by Gasteiger charge is -2.02. The van der Waals surface area contributed by atoms with Gasteiger partial charge < -0.3 is 20.7 Å². The van der Waals surface area contributed by atoms with Gasteiger partial charge in [-0.3, -0.25) is 9.59 Å². The van der Waals surface area contributed by atoms with Gasteiger partial charge >= 0.3 is 5.97 Å². The summed E-state index contributed by atoms with van der Waals surface area (Å²) in [7, 11) is 1.43. The number of aldehydes is 1. The average molecular weight is 227 g/mol. The third kappa shape index (κ3) is 4.43. The first-order chi connectivity index (χ1) is 7.56. The number of phenolic OH excluding ortho intramolecular Hbond substituents is 1. The van der Waals surface area contributed by atoms with Crippen LogP contribution in [0, 0.1) is 0 Å². The number of methoxy groups -OCH3 is 1. The van der Waals surface area contributed by atoms with Crippen molar-refractivity contribution in [2.45, 2.75) is 0 Å². The van der Waals surface area contributed by atoms with Crippen molar-refractivity contribution < 1.29 is 24.5 Å². The Kier molecular flexibility index (Phi) is 6.30. The lowest BCUT2D eigenvalue weighted by atomic mass is 10.2. The molecule has 0 bridgehead atoms. The fourth-order valence-corrected chi connectivity index (χ4v) is 0.799. The van der Waals surface area contributed by atoms with Gasteiger partial charge in [-0.1, -0.05) is 6.07 Å². The zero-order valence-electron chi connectivity index (χ0n) is 8.71. The Hall–Kier alpha value is -2.08. The van der Waals surface area contributed by atoms with Gasteiger partial charge in [-0.25, -0.2) is 0 Å². The minimum atomic E-state index is -0.968. The van der Waals surface area contributed by atoms with Crippen LogP contribution < -0.4 is 10.5 Å². The van der Waals surface area contributed by atoms with E-state index in [4.69, 9.17) is 9.84 Å². The number of para-hydroxylation sites is 1. The van der Waals surface area contributed by atoms with Gasteiger partial charge in [-0.15, -0.1) is 0 Å². The van der Waals surface area contributed by atoms with Crippen LogP contribution in [0.4, 0.5) is 0 Å². The van der Waals surface area contributed by atoms with Gasteiger partial charge in [0.25, 0.3) is 0 Å². The Labute approximate surface area is 92.3 Å². The van der Waals surface area contributed by atoms with E-state index in [1.165, 1.54) is 13.2 Å². The molecule has 0 spiro atoms. The number of aliphatic carboxylic acids is 1. The first kappa shape index (κ1) is 13.9. The normalized spacial score (nSPS) is 8.62. The molecule has 88 valence electrons. The molecule has 0 amide bonds. The Morgan fingerprint density at radius 2 is 2.12 bits per heavy atom. The summed E-state index contributed by atoms with van der Waals surface area (Å²) in [5, 5.41) is 16.8. The van der Waals surface area contributed by atoms with Crippen LogP contribution in [0.1, 0.15) is 10.4 Å². The molecule has 0 unspecified atom stereocenters. The summed E-state index contributed by atoms with van der Waals surface area (Å²) in [4.78, 5) is 19.5. The quantitative estimate of drug-likeness (QED) is 0.638. The number of phenols is 1. The monoisotopic (exact) mass is 227 g/mol. The number of hydrogen-bond donors (Lipinski definition) is 3. The van der Waals surface area contributed by atoms with E-state index >= 15 is 0 Å². The third-order valence-corrected chi connectivity index (χ3v) is 1.55. The van der Waals surface area contributed by atoms with E-state index in [0.717, 1.165) is 0 Å². The van der Waals surface area contributed by atoms with Crippen LogP contribution in [0.3, 0.4) is 0 Å². The predicted molar refractivity (Wildman–Crippen MR) is 56.7 cm³/mol. The molecule has 1 rings (SSSR count). The van der Waals surface area contributed by atoms with Crippen molar-refractivity contribution in [2.24, 2.45) is 5.73 Å². The third-order valence-electron chi connectivity index (χ3n) is 1.55. The molecule has 0 saturated heterocycles. The summed E-state index contributed by atoms with van der Waals surface area (Å²) in [6.07, 6.45) is 0.581. The summed E-state index contributed by atoms with van der Waals surface area (Å²) in [6, 6.07) is 4.75. The lowest BCUT2D eigenvalue weighted by molar-refractivity contribution is -0.135. The minimum Gasteiger partial charge on any atom is -0.504 e. The summed E-state index contributed by atoms with van der Waals surface area (Å²) < 4.78 is 4.78. The van der Waals surface area contributed by atoms with Crippen LogP contribution in [0.25, 0.3) is 0 Å². The van der Waals surface area contributed by atoms with Crippen molar-refractivity contribution in [2.75, 3.05) is 13.7 Å². The molecule has 4 N–H and O–H groups in total. The van der Waals surface area contributed by atoms with E-state index in [0.29, 0.717) is 12.0 Å². The van der Waals surface area contributed by atoms with Crippen molar-refractivity contribution in [3.8, 4) is 11.5 Å². The van der Waals surface area contributed by atoms with Crippen LogP contribution in [0.2, 0.25) is 0 Å². The smallest absolute Gasteiger partial charge is 0.317 e. The molecule has 0 aliphatic carbocycles. The topological polar surface area (TPSA) is 110 Å². The van der Waals surface area contributed by atoms with E-state index in [1.54, 1.807) is 12.1 Å². The number of carbonyl (C=O) groups excluding carboxylic acids is 1. The molecule has 0 radical (unpaired) electrons. The maximum Gasteiger partial charge on any atom is 0.317 e. The first-order valence-corrected chi connectivity index (χ1v) is 4.29. The van der Waals surface area contributed by atoms with Crippen molar-refractivity contribution in [1.29, 1.82) is 0 Å². The molecule has 0 heterocycles. The van der Waals surface area contributed by atoms with E-state index < -0.39 is 5.97 Å². The Morgan fingerprint density at radius 3 is 2.50 bits per heavy atom. The maximum absolute atomic E-state index is 10.3. The molecular weight excluding hydrogens is 214 g/mol. The highest BCUT2D eigenvalue weighted by atomic mass is 16.5.